The van der Waals surface area contributed by atoms with Crippen LogP contribution in [0.4, 0.5) is 0 Å². The number of amides is 1. The zero-order valence-corrected chi connectivity index (χ0v) is 17.9. The molecule has 1 aromatic heterocycles. The number of aromatic nitrogens is 2. The first kappa shape index (κ1) is 20.9. The Morgan fingerprint density at radius 1 is 0.968 bits per heavy atom. The number of carbonyl (C=O) groups is 1. The van der Waals surface area contributed by atoms with Crippen molar-refractivity contribution in [1.29, 1.82) is 0 Å². The van der Waals surface area contributed by atoms with Crippen molar-refractivity contribution in [2.24, 2.45) is 0 Å². The number of rotatable bonds is 9. The number of nitrogens with one attached hydrogen (secondary N) is 1. The van der Waals surface area contributed by atoms with E-state index in [4.69, 9.17) is 21.3 Å². The van der Waals surface area contributed by atoms with Crippen LogP contribution in [0.25, 0.3) is 11.0 Å². The summed E-state index contributed by atoms with van der Waals surface area (Å²) in [6.07, 6.45) is 1.51. The van der Waals surface area contributed by atoms with Gasteiger partial charge >= 0.3 is 0 Å². The van der Waals surface area contributed by atoms with Crippen LogP contribution in [0.2, 0.25) is 5.02 Å². The Bertz CT molecular complexity index is 1140. The number of nitrogens with zero attached hydrogens (tertiary/aromatic N) is 2. The molecule has 158 valence electrons. The number of hydrogen-bond acceptors (Lipinski definition) is 3. The van der Waals surface area contributed by atoms with Gasteiger partial charge in [0.25, 0.3) is 5.91 Å². The minimum Gasteiger partial charge on any atom is -0.494 e. The van der Waals surface area contributed by atoms with Gasteiger partial charge in [-0.2, -0.15) is 0 Å². The highest BCUT2D eigenvalue weighted by molar-refractivity contribution is 6.30. The summed E-state index contributed by atoms with van der Waals surface area (Å²) in [6.45, 7) is 1.93. The number of halogens is 1. The molecular weight excluding hydrogens is 410 g/mol. The molecule has 6 heteroatoms. The number of carbonyl (C=O) groups excluding carboxylic acids is 1. The molecule has 0 saturated heterocycles. The van der Waals surface area contributed by atoms with Gasteiger partial charge in [0.05, 0.1) is 17.6 Å². The molecule has 4 aromatic rings. The van der Waals surface area contributed by atoms with Crippen LogP contribution in [0.1, 0.15) is 22.6 Å². The van der Waals surface area contributed by atoms with Crippen LogP contribution < -0.4 is 10.1 Å². The topological polar surface area (TPSA) is 56.2 Å². The molecule has 0 aliphatic heterocycles. The van der Waals surface area contributed by atoms with E-state index in [0.29, 0.717) is 30.2 Å². The Labute approximate surface area is 186 Å². The van der Waals surface area contributed by atoms with Crippen molar-refractivity contribution in [3.05, 3.63) is 95.3 Å². The zero-order valence-electron chi connectivity index (χ0n) is 17.1. The number of ether oxygens (including phenoxy) is 1. The lowest BCUT2D eigenvalue weighted by molar-refractivity contribution is 0.0954. The summed E-state index contributed by atoms with van der Waals surface area (Å²) in [5, 5.41) is 3.58. The molecule has 1 N–H and O–H groups in total. The molecule has 0 aliphatic carbocycles. The van der Waals surface area contributed by atoms with Crippen molar-refractivity contribution in [3.8, 4) is 5.75 Å². The largest absolute Gasteiger partial charge is 0.494 e. The summed E-state index contributed by atoms with van der Waals surface area (Å²) < 4.78 is 8.05. The second-order valence-corrected chi connectivity index (χ2v) is 7.63. The summed E-state index contributed by atoms with van der Waals surface area (Å²) >= 11 is 5.89. The van der Waals surface area contributed by atoms with Gasteiger partial charge in [0, 0.05) is 30.1 Å². The van der Waals surface area contributed by atoms with Crippen LogP contribution in [0.5, 0.6) is 5.75 Å². The van der Waals surface area contributed by atoms with Crippen molar-refractivity contribution >= 4 is 28.5 Å². The van der Waals surface area contributed by atoms with E-state index in [2.05, 4.69) is 16.0 Å². The number of benzene rings is 3. The van der Waals surface area contributed by atoms with Gasteiger partial charge in [0.2, 0.25) is 0 Å². The van der Waals surface area contributed by atoms with Gasteiger partial charge in [-0.05, 0) is 55.0 Å². The number of imidazole rings is 1. The molecule has 0 atom stereocenters. The van der Waals surface area contributed by atoms with E-state index in [1.165, 1.54) is 0 Å². The molecule has 1 heterocycles. The van der Waals surface area contributed by atoms with Crippen LogP contribution in [0.15, 0.2) is 78.9 Å². The molecule has 0 radical (unpaired) electrons. The Hall–Kier alpha value is -3.31. The van der Waals surface area contributed by atoms with Crippen LogP contribution in [-0.4, -0.2) is 28.6 Å². The second kappa shape index (κ2) is 10.1. The van der Waals surface area contributed by atoms with Gasteiger partial charge in [0.1, 0.15) is 11.6 Å². The third-order valence-electron chi connectivity index (χ3n) is 5.01. The molecule has 0 unspecified atom stereocenters. The molecule has 0 aliphatic rings. The monoisotopic (exact) mass is 433 g/mol. The van der Waals surface area contributed by atoms with Gasteiger partial charge in [-0.25, -0.2) is 4.98 Å². The highest BCUT2D eigenvalue weighted by atomic mass is 35.5. The third-order valence-corrected chi connectivity index (χ3v) is 5.26. The highest BCUT2D eigenvalue weighted by Gasteiger charge is 2.11. The van der Waals surface area contributed by atoms with Gasteiger partial charge < -0.3 is 14.6 Å². The van der Waals surface area contributed by atoms with Crippen LogP contribution in [-0.2, 0) is 13.0 Å². The zero-order chi connectivity index (χ0) is 21.5. The van der Waals surface area contributed by atoms with Crippen molar-refractivity contribution in [1.82, 2.24) is 14.9 Å². The SMILES string of the molecule is O=C(NCCc1nc2ccccc2n1CCCOc1ccccc1)c1ccc(Cl)cc1. The first-order valence-electron chi connectivity index (χ1n) is 10.4. The minimum absolute atomic E-state index is 0.115. The quantitative estimate of drug-likeness (QED) is 0.372. The first-order valence-corrected chi connectivity index (χ1v) is 10.7. The molecule has 1 amide bonds. The summed E-state index contributed by atoms with van der Waals surface area (Å²) in [5.41, 5.74) is 2.66. The number of hydrogen-bond donors (Lipinski definition) is 1. The number of para-hydroxylation sites is 3. The molecule has 0 fully saturated rings. The Morgan fingerprint density at radius 3 is 2.52 bits per heavy atom. The molecule has 3 aromatic carbocycles. The average Bonchev–Trinajstić information content (AvgIpc) is 3.15. The van der Waals surface area contributed by atoms with E-state index in [9.17, 15) is 4.79 Å². The fourth-order valence-corrected chi connectivity index (χ4v) is 3.61. The second-order valence-electron chi connectivity index (χ2n) is 7.20. The number of aryl methyl sites for hydroxylation is 1. The fraction of sp³-hybridized carbons (Fsp3) is 0.200. The molecule has 0 spiro atoms. The molecule has 0 bridgehead atoms. The maximum atomic E-state index is 12.4. The maximum absolute atomic E-state index is 12.4. The van der Waals surface area contributed by atoms with Crippen molar-refractivity contribution in [3.63, 3.8) is 0 Å². The summed E-state index contributed by atoms with van der Waals surface area (Å²) in [6, 6.07) is 24.8. The van der Waals surface area contributed by atoms with E-state index in [-0.39, 0.29) is 5.91 Å². The van der Waals surface area contributed by atoms with Crippen LogP contribution in [0, 0.1) is 0 Å². The molecule has 31 heavy (non-hydrogen) atoms. The van der Waals surface area contributed by atoms with E-state index >= 15 is 0 Å². The lowest BCUT2D eigenvalue weighted by atomic mass is 10.2. The predicted octanol–water partition coefficient (Wildman–Crippen LogP) is 5.13. The van der Waals surface area contributed by atoms with Crippen molar-refractivity contribution in [2.45, 2.75) is 19.4 Å². The van der Waals surface area contributed by atoms with E-state index in [1.807, 2.05) is 48.5 Å². The summed E-state index contributed by atoms with van der Waals surface area (Å²) in [4.78, 5) is 17.1. The van der Waals surface area contributed by atoms with E-state index in [1.54, 1.807) is 24.3 Å². The van der Waals surface area contributed by atoms with Crippen molar-refractivity contribution in [2.75, 3.05) is 13.2 Å². The third kappa shape index (κ3) is 5.44. The van der Waals surface area contributed by atoms with Crippen LogP contribution in [0.3, 0.4) is 0 Å². The maximum Gasteiger partial charge on any atom is 0.251 e. The minimum atomic E-state index is -0.115. The van der Waals surface area contributed by atoms with Crippen molar-refractivity contribution < 1.29 is 9.53 Å². The standard InChI is InChI=1S/C25H24ClN3O2/c26-20-13-11-19(12-14-20)25(30)27-16-15-24-28-22-9-4-5-10-23(22)29(24)17-6-18-31-21-7-2-1-3-8-21/h1-5,7-14H,6,15-18H2,(H,27,30). The average molecular weight is 434 g/mol. The first-order chi connectivity index (χ1) is 15.2. The Kier molecular flexibility index (Phi) is 6.85. The smallest absolute Gasteiger partial charge is 0.251 e. The normalized spacial score (nSPS) is 10.9. The highest BCUT2D eigenvalue weighted by Crippen LogP contribution is 2.17. The van der Waals surface area contributed by atoms with Gasteiger partial charge in [-0.1, -0.05) is 41.9 Å². The van der Waals surface area contributed by atoms with Gasteiger partial charge in [0.15, 0.2) is 0 Å². The Morgan fingerprint density at radius 2 is 1.71 bits per heavy atom. The summed E-state index contributed by atoms with van der Waals surface area (Å²) in [7, 11) is 0. The predicted molar refractivity (Wildman–Crippen MR) is 124 cm³/mol. The lowest BCUT2D eigenvalue weighted by Gasteiger charge is -2.11. The molecule has 4 rings (SSSR count). The van der Waals surface area contributed by atoms with Gasteiger partial charge in [-0.3, -0.25) is 4.79 Å². The fourth-order valence-electron chi connectivity index (χ4n) is 3.49. The van der Waals surface area contributed by atoms with Gasteiger partial charge in [-0.15, -0.1) is 0 Å². The van der Waals surface area contributed by atoms with E-state index < -0.39 is 0 Å². The van der Waals surface area contributed by atoms with E-state index in [0.717, 1.165) is 35.6 Å². The molecule has 5 nitrogen and oxygen atoms in total. The molecular formula is C25H24ClN3O2. The number of fused-ring (bicyclic) bond motifs is 1. The lowest BCUT2D eigenvalue weighted by Crippen LogP contribution is -2.26. The van der Waals surface area contributed by atoms with Crippen LogP contribution >= 0.6 is 11.6 Å². The molecule has 0 saturated carbocycles. The summed E-state index contributed by atoms with van der Waals surface area (Å²) in [5.74, 6) is 1.72. The Balaban J connectivity index is 1.37.